The van der Waals surface area contributed by atoms with Crippen molar-refractivity contribution in [2.45, 2.75) is 37.9 Å². The van der Waals surface area contributed by atoms with Gasteiger partial charge in [-0.15, -0.1) is 11.8 Å². The number of hydrogen-bond acceptors (Lipinski definition) is 6. The van der Waals surface area contributed by atoms with Crippen molar-refractivity contribution in [1.29, 1.82) is 0 Å². The number of thioether (sulfide) groups is 1. The van der Waals surface area contributed by atoms with E-state index < -0.39 is 21.7 Å². The van der Waals surface area contributed by atoms with Gasteiger partial charge in [0.1, 0.15) is 0 Å². The molecule has 0 aromatic heterocycles. The van der Waals surface area contributed by atoms with Gasteiger partial charge in [0.05, 0.1) is 17.3 Å². The molecule has 8 heteroatoms. The summed E-state index contributed by atoms with van der Waals surface area (Å²) in [6.07, 6.45) is 0.561. The topological polar surface area (TPSA) is 89.5 Å². The van der Waals surface area contributed by atoms with Gasteiger partial charge < -0.3 is 10.1 Å². The maximum absolute atomic E-state index is 11.9. The molecule has 1 saturated heterocycles. The SMILES string of the molecule is CC(C)(C)c1ccc(NC(=O)COC(=O)CS[C@@H]2CCS(=O)(=O)C2)cc1. The van der Waals surface area contributed by atoms with E-state index in [2.05, 4.69) is 26.1 Å². The van der Waals surface area contributed by atoms with Crippen LogP contribution in [0.25, 0.3) is 0 Å². The van der Waals surface area contributed by atoms with Gasteiger partial charge >= 0.3 is 5.97 Å². The number of carbonyl (C=O) groups is 2. The van der Waals surface area contributed by atoms with Crippen LogP contribution in [-0.2, 0) is 29.6 Å². The van der Waals surface area contributed by atoms with Crippen LogP contribution in [0.15, 0.2) is 24.3 Å². The molecule has 1 aromatic carbocycles. The standard InChI is InChI=1S/C18H25NO5S2/c1-18(2,3)13-4-6-14(7-5-13)19-16(20)10-24-17(21)11-25-15-8-9-26(22,23)12-15/h4-7,15H,8-12H2,1-3H3,(H,19,20)/t15-/m1/s1. The number of nitrogens with one attached hydrogen (secondary N) is 1. The van der Waals surface area contributed by atoms with Crippen LogP contribution in [0.2, 0.25) is 0 Å². The summed E-state index contributed by atoms with van der Waals surface area (Å²) < 4.78 is 27.7. The van der Waals surface area contributed by atoms with Crippen molar-refractivity contribution >= 4 is 39.2 Å². The smallest absolute Gasteiger partial charge is 0.316 e. The molecule has 1 aliphatic heterocycles. The Balaban J connectivity index is 1.70. The summed E-state index contributed by atoms with van der Waals surface area (Å²) in [4.78, 5) is 23.6. The van der Waals surface area contributed by atoms with E-state index in [1.54, 1.807) is 0 Å². The summed E-state index contributed by atoms with van der Waals surface area (Å²) in [6.45, 7) is 5.97. The quantitative estimate of drug-likeness (QED) is 0.739. The van der Waals surface area contributed by atoms with Crippen molar-refractivity contribution in [3.63, 3.8) is 0 Å². The Kier molecular flexibility index (Phi) is 6.74. The van der Waals surface area contributed by atoms with Crippen molar-refractivity contribution < 1.29 is 22.7 Å². The second-order valence-corrected chi connectivity index (χ2v) is 10.9. The van der Waals surface area contributed by atoms with Gasteiger partial charge in [-0.1, -0.05) is 32.9 Å². The molecule has 6 nitrogen and oxygen atoms in total. The van der Waals surface area contributed by atoms with E-state index in [1.165, 1.54) is 11.8 Å². The van der Waals surface area contributed by atoms with Crippen molar-refractivity contribution in [3.05, 3.63) is 29.8 Å². The zero-order chi connectivity index (χ0) is 19.4. The van der Waals surface area contributed by atoms with Crippen molar-refractivity contribution in [3.8, 4) is 0 Å². The number of anilines is 1. The van der Waals surface area contributed by atoms with Crippen LogP contribution in [0.1, 0.15) is 32.8 Å². The second kappa shape index (κ2) is 8.43. The van der Waals surface area contributed by atoms with Crippen LogP contribution in [0, 0.1) is 0 Å². The third-order valence-electron chi connectivity index (χ3n) is 4.03. The first-order valence-corrected chi connectivity index (χ1v) is 11.3. The van der Waals surface area contributed by atoms with Crippen LogP contribution < -0.4 is 5.32 Å². The Morgan fingerprint density at radius 3 is 2.42 bits per heavy atom. The lowest BCUT2D eigenvalue weighted by Crippen LogP contribution is -2.22. The van der Waals surface area contributed by atoms with Gasteiger partial charge in [0.25, 0.3) is 5.91 Å². The van der Waals surface area contributed by atoms with E-state index in [9.17, 15) is 18.0 Å². The van der Waals surface area contributed by atoms with Crippen LogP contribution in [0.3, 0.4) is 0 Å². The molecule has 1 N–H and O–H groups in total. The van der Waals surface area contributed by atoms with Crippen molar-refractivity contribution in [2.75, 3.05) is 29.2 Å². The van der Waals surface area contributed by atoms with E-state index in [4.69, 9.17) is 4.74 Å². The molecule has 0 bridgehead atoms. The fourth-order valence-electron chi connectivity index (χ4n) is 2.52. The van der Waals surface area contributed by atoms with E-state index in [0.29, 0.717) is 12.1 Å². The fourth-order valence-corrected chi connectivity index (χ4v) is 5.96. The van der Waals surface area contributed by atoms with E-state index in [0.717, 1.165) is 5.56 Å². The van der Waals surface area contributed by atoms with Crippen LogP contribution in [0.5, 0.6) is 0 Å². The molecular formula is C18H25NO5S2. The molecule has 1 aliphatic rings. The number of esters is 1. The highest BCUT2D eigenvalue weighted by molar-refractivity contribution is 8.02. The van der Waals surface area contributed by atoms with Gasteiger partial charge in [0.2, 0.25) is 0 Å². The van der Waals surface area contributed by atoms with Gasteiger partial charge in [-0.3, -0.25) is 9.59 Å². The average molecular weight is 400 g/mol. The first-order chi connectivity index (χ1) is 12.0. The molecule has 144 valence electrons. The minimum Gasteiger partial charge on any atom is -0.455 e. The molecule has 1 heterocycles. The lowest BCUT2D eigenvalue weighted by Gasteiger charge is -2.19. The number of benzene rings is 1. The number of ether oxygens (including phenoxy) is 1. The Morgan fingerprint density at radius 2 is 1.88 bits per heavy atom. The van der Waals surface area contributed by atoms with Gasteiger partial charge in [0.15, 0.2) is 16.4 Å². The normalized spacial score (nSPS) is 19.1. The predicted molar refractivity (Wildman–Crippen MR) is 104 cm³/mol. The molecule has 1 amide bonds. The Labute approximate surface area is 159 Å². The Hall–Kier alpha value is -1.54. The highest BCUT2D eigenvalue weighted by atomic mass is 32.2. The summed E-state index contributed by atoms with van der Waals surface area (Å²) in [5.74, 6) is -0.590. The highest BCUT2D eigenvalue weighted by Crippen LogP contribution is 2.24. The largest absolute Gasteiger partial charge is 0.455 e. The van der Waals surface area contributed by atoms with Crippen molar-refractivity contribution in [2.24, 2.45) is 0 Å². The Morgan fingerprint density at radius 1 is 1.23 bits per heavy atom. The second-order valence-electron chi connectivity index (χ2n) is 7.37. The van der Waals surface area contributed by atoms with E-state index in [1.807, 2.05) is 24.3 Å². The van der Waals surface area contributed by atoms with E-state index in [-0.39, 0.29) is 34.5 Å². The molecule has 0 aliphatic carbocycles. The summed E-state index contributed by atoms with van der Waals surface area (Å²) >= 11 is 1.27. The maximum Gasteiger partial charge on any atom is 0.316 e. The first kappa shape index (κ1) is 20.8. The summed E-state index contributed by atoms with van der Waals surface area (Å²) in [7, 11) is -2.95. The lowest BCUT2D eigenvalue weighted by atomic mass is 9.87. The zero-order valence-electron chi connectivity index (χ0n) is 15.3. The molecule has 0 radical (unpaired) electrons. The maximum atomic E-state index is 11.9. The molecule has 1 fully saturated rings. The minimum absolute atomic E-state index is 0.0361. The molecule has 1 aromatic rings. The number of amides is 1. The fraction of sp³-hybridized carbons (Fsp3) is 0.556. The lowest BCUT2D eigenvalue weighted by molar-refractivity contribution is -0.144. The molecule has 0 unspecified atom stereocenters. The molecule has 26 heavy (non-hydrogen) atoms. The summed E-state index contributed by atoms with van der Waals surface area (Å²) in [5, 5.41) is 2.61. The van der Waals surface area contributed by atoms with Crippen molar-refractivity contribution in [1.82, 2.24) is 0 Å². The third-order valence-corrected chi connectivity index (χ3v) is 7.28. The summed E-state index contributed by atoms with van der Waals surface area (Å²) in [5.41, 5.74) is 1.84. The monoisotopic (exact) mass is 399 g/mol. The number of rotatable bonds is 6. The number of carbonyl (C=O) groups excluding carboxylic acids is 2. The molecule has 2 rings (SSSR count). The first-order valence-electron chi connectivity index (χ1n) is 8.43. The minimum atomic E-state index is -2.95. The van der Waals surface area contributed by atoms with Crippen LogP contribution in [-0.4, -0.2) is 49.4 Å². The third kappa shape index (κ3) is 6.64. The van der Waals surface area contributed by atoms with Crippen LogP contribution >= 0.6 is 11.8 Å². The van der Waals surface area contributed by atoms with Gasteiger partial charge in [-0.25, -0.2) is 8.42 Å². The Bertz CT molecular complexity index is 751. The average Bonchev–Trinajstić information content (AvgIpc) is 2.90. The highest BCUT2D eigenvalue weighted by Gasteiger charge is 2.28. The zero-order valence-corrected chi connectivity index (χ0v) is 16.9. The van der Waals surface area contributed by atoms with E-state index >= 15 is 0 Å². The molecular weight excluding hydrogens is 374 g/mol. The van der Waals surface area contributed by atoms with Crippen LogP contribution in [0.4, 0.5) is 5.69 Å². The molecule has 1 atom stereocenters. The molecule has 0 spiro atoms. The number of hydrogen-bond donors (Lipinski definition) is 1. The van der Waals surface area contributed by atoms with Gasteiger partial charge in [-0.2, -0.15) is 0 Å². The predicted octanol–water partition coefficient (Wildman–Crippen LogP) is 2.39. The van der Waals surface area contributed by atoms with Gasteiger partial charge in [-0.05, 0) is 29.5 Å². The molecule has 0 saturated carbocycles. The summed E-state index contributed by atoms with van der Waals surface area (Å²) in [6, 6.07) is 7.54. The van der Waals surface area contributed by atoms with Gasteiger partial charge in [0, 0.05) is 10.9 Å². The number of sulfone groups is 1.